The zero-order valence-corrected chi connectivity index (χ0v) is 11.2. The number of hydrogen-bond acceptors (Lipinski definition) is 4. The molecule has 2 aromatic rings. The van der Waals surface area contributed by atoms with Crippen molar-refractivity contribution >= 4 is 17.5 Å². The van der Waals surface area contributed by atoms with E-state index in [-0.39, 0.29) is 11.8 Å². The minimum atomic E-state index is -0.134. The molecule has 1 aliphatic rings. The molecule has 3 rings (SSSR count). The van der Waals surface area contributed by atoms with Crippen LogP contribution in [0.5, 0.6) is 0 Å². The minimum Gasteiger partial charge on any atom is -0.323 e. The van der Waals surface area contributed by atoms with Gasteiger partial charge in [0.25, 0.3) is 5.91 Å². The SMILES string of the molecule is CCC(=O)N1CCN(C(=O)c2cnn3cccnc23)C1. The van der Waals surface area contributed by atoms with E-state index in [9.17, 15) is 9.59 Å². The fourth-order valence-corrected chi connectivity index (χ4v) is 2.33. The zero-order chi connectivity index (χ0) is 14.1. The monoisotopic (exact) mass is 273 g/mol. The number of hydrogen-bond donors (Lipinski definition) is 0. The van der Waals surface area contributed by atoms with Crippen molar-refractivity contribution in [3.63, 3.8) is 0 Å². The van der Waals surface area contributed by atoms with E-state index in [1.165, 1.54) is 6.20 Å². The molecule has 0 bridgehead atoms. The molecule has 20 heavy (non-hydrogen) atoms. The second kappa shape index (κ2) is 4.92. The average molecular weight is 273 g/mol. The van der Waals surface area contributed by atoms with Crippen LogP contribution in [0.3, 0.4) is 0 Å². The van der Waals surface area contributed by atoms with Crippen LogP contribution in [0.4, 0.5) is 0 Å². The van der Waals surface area contributed by atoms with E-state index < -0.39 is 0 Å². The molecule has 1 saturated heterocycles. The topological polar surface area (TPSA) is 70.8 Å². The number of carbonyl (C=O) groups is 2. The van der Waals surface area contributed by atoms with Crippen molar-refractivity contribution in [1.29, 1.82) is 0 Å². The Morgan fingerprint density at radius 3 is 2.90 bits per heavy atom. The van der Waals surface area contributed by atoms with Crippen molar-refractivity contribution in [3.8, 4) is 0 Å². The van der Waals surface area contributed by atoms with Crippen LogP contribution < -0.4 is 0 Å². The average Bonchev–Trinajstić information content (AvgIpc) is 3.12. The van der Waals surface area contributed by atoms with E-state index in [1.54, 1.807) is 32.8 Å². The Labute approximate surface area is 115 Å². The van der Waals surface area contributed by atoms with E-state index >= 15 is 0 Å². The summed E-state index contributed by atoms with van der Waals surface area (Å²) in [7, 11) is 0. The Bertz CT molecular complexity index is 666. The lowest BCUT2D eigenvalue weighted by Crippen LogP contribution is -2.33. The van der Waals surface area contributed by atoms with Crippen LogP contribution in [0.1, 0.15) is 23.7 Å². The Hall–Kier alpha value is -2.44. The molecule has 0 aliphatic carbocycles. The largest absolute Gasteiger partial charge is 0.323 e. The Kier molecular flexibility index (Phi) is 3.09. The van der Waals surface area contributed by atoms with Crippen LogP contribution in [0, 0.1) is 0 Å². The van der Waals surface area contributed by atoms with Crippen molar-refractivity contribution in [2.45, 2.75) is 13.3 Å². The maximum absolute atomic E-state index is 12.5. The lowest BCUT2D eigenvalue weighted by Gasteiger charge is -2.17. The summed E-state index contributed by atoms with van der Waals surface area (Å²) >= 11 is 0. The van der Waals surface area contributed by atoms with Gasteiger partial charge in [-0.2, -0.15) is 5.10 Å². The van der Waals surface area contributed by atoms with Crippen LogP contribution in [0.2, 0.25) is 0 Å². The van der Waals surface area contributed by atoms with Gasteiger partial charge < -0.3 is 9.80 Å². The molecule has 1 fully saturated rings. The van der Waals surface area contributed by atoms with E-state index in [0.717, 1.165) is 0 Å². The minimum absolute atomic E-state index is 0.0679. The Morgan fingerprint density at radius 2 is 2.10 bits per heavy atom. The molecule has 0 aromatic carbocycles. The van der Waals surface area contributed by atoms with Gasteiger partial charge in [-0.1, -0.05) is 6.92 Å². The summed E-state index contributed by atoms with van der Waals surface area (Å²) in [4.78, 5) is 31.6. The Morgan fingerprint density at radius 1 is 1.30 bits per heavy atom. The van der Waals surface area contributed by atoms with Gasteiger partial charge in [-0.3, -0.25) is 9.59 Å². The van der Waals surface area contributed by atoms with Crippen LogP contribution in [0.25, 0.3) is 5.65 Å². The van der Waals surface area contributed by atoms with E-state index in [1.807, 2.05) is 6.92 Å². The third kappa shape index (κ3) is 2.01. The first kappa shape index (κ1) is 12.6. The van der Waals surface area contributed by atoms with Gasteiger partial charge in [0, 0.05) is 31.9 Å². The summed E-state index contributed by atoms with van der Waals surface area (Å²) in [6.45, 7) is 3.30. The highest BCUT2D eigenvalue weighted by molar-refractivity contribution is 5.99. The van der Waals surface area contributed by atoms with Gasteiger partial charge in [0.1, 0.15) is 5.56 Å². The highest BCUT2D eigenvalue weighted by atomic mass is 16.2. The first-order chi connectivity index (χ1) is 9.70. The molecule has 2 aromatic heterocycles. The number of rotatable bonds is 2. The van der Waals surface area contributed by atoms with Gasteiger partial charge in [-0.15, -0.1) is 0 Å². The van der Waals surface area contributed by atoms with E-state index in [0.29, 0.717) is 37.4 Å². The summed E-state index contributed by atoms with van der Waals surface area (Å²) in [5, 5.41) is 4.11. The maximum atomic E-state index is 12.5. The van der Waals surface area contributed by atoms with Crippen LogP contribution in [0.15, 0.2) is 24.7 Å². The molecule has 3 heterocycles. The highest BCUT2D eigenvalue weighted by Crippen LogP contribution is 2.14. The molecule has 0 atom stereocenters. The molecule has 0 saturated carbocycles. The molecule has 0 unspecified atom stereocenters. The third-order valence-electron chi connectivity index (χ3n) is 3.43. The predicted octanol–water partition coefficient (Wildman–Crippen LogP) is 0.381. The van der Waals surface area contributed by atoms with E-state index in [2.05, 4.69) is 10.1 Å². The summed E-state index contributed by atoms with van der Waals surface area (Å²) in [5.74, 6) is -0.0663. The molecule has 7 nitrogen and oxygen atoms in total. The summed E-state index contributed by atoms with van der Waals surface area (Å²) in [5.41, 5.74) is 1.01. The first-order valence-electron chi connectivity index (χ1n) is 6.56. The highest BCUT2D eigenvalue weighted by Gasteiger charge is 2.29. The summed E-state index contributed by atoms with van der Waals surface area (Å²) < 4.78 is 1.57. The standard InChI is InChI=1S/C13H15N5O2/c1-2-11(19)16-6-7-17(9-16)13(20)10-8-15-18-5-3-4-14-12(10)18/h3-5,8H,2,6-7,9H2,1H3. The quantitative estimate of drug-likeness (QED) is 0.793. The number of amides is 2. The molecular weight excluding hydrogens is 258 g/mol. The lowest BCUT2D eigenvalue weighted by molar-refractivity contribution is -0.130. The van der Waals surface area contributed by atoms with Crippen molar-refractivity contribution in [2.24, 2.45) is 0 Å². The summed E-state index contributed by atoms with van der Waals surface area (Å²) in [6.07, 6.45) is 5.36. The molecular formula is C13H15N5O2. The second-order valence-corrected chi connectivity index (χ2v) is 4.67. The van der Waals surface area contributed by atoms with Crippen LogP contribution in [-0.2, 0) is 4.79 Å². The normalized spacial score (nSPS) is 15.1. The third-order valence-corrected chi connectivity index (χ3v) is 3.43. The second-order valence-electron chi connectivity index (χ2n) is 4.67. The molecule has 7 heteroatoms. The fourth-order valence-electron chi connectivity index (χ4n) is 2.33. The van der Waals surface area contributed by atoms with Crippen molar-refractivity contribution in [1.82, 2.24) is 24.4 Å². The molecule has 0 N–H and O–H groups in total. The number of fused-ring (bicyclic) bond motifs is 1. The van der Waals surface area contributed by atoms with E-state index in [4.69, 9.17) is 0 Å². The van der Waals surface area contributed by atoms with Gasteiger partial charge >= 0.3 is 0 Å². The number of nitrogens with zero attached hydrogens (tertiary/aromatic N) is 5. The maximum Gasteiger partial charge on any atom is 0.260 e. The zero-order valence-electron chi connectivity index (χ0n) is 11.2. The smallest absolute Gasteiger partial charge is 0.260 e. The molecule has 2 amide bonds. The fraction of sp³-hybridized carbons (Fsp3) is 0.385. The van der Waals surface area contributed by atoms with Gasteiger partial charge in [0.05, 0.1) is 12.9 Å². The van der Waals surface area contributed by atoms with Gasteiger partial charge in [0.2, 0.25) is 5.91 Å². The van der Waals surface area contributed by atoms with Gasteiger partial charge in [0.15, 0.2) is 5.65 Å². The number of aromatic nitrogens is 3. The molecule has 0 radical (unpaired) electrons. The van der Waals surface area contributed by atoms with Crippen molar-refractivity contribution in [3.05, 3.63) is 30.2 Å². The molecule has 1 aliphatic heterocycles. The molecule has 0 spiro atoms. The van der Waals surface area contributed by atoms with Gasteiger partial charge in [-0.05, 0) is 6.07 Å². The predicted molar refractivity (Wildman–Crippen MR) is 70.9 cm³/mol. The van der Waals surface area contributed by atoms with Crippen molar-refractivity contribution in [2.75, 3.05) is 19.8 Å². The van der Waals surface area contributed by atoms with Crippen LogP contribution in [-0.4, -0.2) is 56.0 Å². The lowest BCUT2D eigenvalue weighted by atomic mass is 10.3. The van der Waals surface area contributed by atoms with Gasteiger partial charge in [-0.25, -0.2) is 9.50 Å². The number of carbonyl (C=O) groups excluding carboxylic acids is 2. The van der Waals surface area contributed by atoms with Crippen molar-refractivity contribution < 1.29 is 9.59 Å². The van der Waals surface area contributed by atoms with Crippen LogP contribution >= 0.6 is 0 Å². The summed E-state index contributed by atoms with van der Waals surface area (Å²) in [6, 6.07) is 1.76. The first-order valence-corrected chi connectivity index (χ1v) is 6.56. The Balaban J connectivity index is 1.82. The molecule has 104 valence electrons.